The number of para-hydroxylation sites is 1. The molecule has 0 saturated heterocycles. The number of nitrogens with one attached hydrogen (secondary N) is 2. The molecule has 0 unspecified atom stereocenters. The Morgan fingerprint density at radius 2 is 1.77 bits per heavy atom. The number of ether oxygens (including phenoxy) is 2. The first kappa shape index (κ1) is 22.0. The van der Waals surface area contributed by atoms with E-state index in [1.54, 1.807) is 21.3 Å². The second-order valence-corrected chi connectivity index (χ2v) is 5.64. The molecule has 0 bridgehead atoms. The van der Waals surface area contributed by atoms with Crippen molar-refractivity contribution in [3.63, 3.8) is 0 Å². The maximum absolute atomic E-state index is 5.45. The van der Waals surface area contributed by atoms with Gasteiger partial charge in [0.2, 0.25) is 0 Å². The number of aryl methyl sites for hydroxylation is 1. The number of halogens is 1. The minimum absolute atomic E-state index is 0. The van der Waals surface area contributed by atoms with E-state index >= 15 is 0 Å². The fraction of sp³-hybridized carbons (Fsp3) is 0.368. The van der Waals surface area contributed by atoms with E-state index in [9.17, 15) is 0 Å². The Balaban J connectivity index is 0.00000338. The summed E-state index contributed by atoms with van der Waals surface area (Å²) in [6, 6.07) is 7.91. The van der Waals surface area contributed by atoms with E-state index in [1.807, 2.05) is 44.3 Å². The van der Waals surface area contributed by atoms with Crippen LogP contribution in [0.1, 0.15) is 22.4 Å². The Hall–Kier alpha value is -2.03. The fourth-order valence-corrected chi connectivity index (χ4v) is 2.67. The first-order valence-electron chi connectivity index (χ1n) is 8.16. The van der Waals surface area contributed by atoms with Crippen LogP contribution in [-0.2, 0) is 13.1 Å². The molecule has 0 amide bonds. The van der Waals surface area contributed by atoms with Crippen molar-refractivity contribution in [3.05, 3.63) is 52.8 Å². The van der Waals surface area contributed by atoms with Crippen LogP contribution in [0.15, 0.2) is 35.5 Å². The number of hydrogen-bond donors (Lipinski definition) is 2. The van der Waals surface area contributed by atoms with Crippen LogP contribution in [0.5, 0.6) is 11.5 Å². The number of rotatable bonds is 6. The normalized spacial score (nSPS) is 10.7. The van der Waals surface area contributed by atoms with Crippen molar-refractivity contribution in [2.24, 2.45) is 4.99 Å². The molecular weight excluding hydrogens is 443 g/mol. The molecule has 142 valence electrons. The van der Waals surface area contributed by atoms with Crippen molar-refractivity contribution < 1.29 is 9.47 Å². The lowest BCUT2D eigenvalue weighted by Crippen LogP contribution is -2.36. The van der Waals surface area contributed by atoms with Crippen LogP contribution >= 0.6 is 24.0 Å². The van der Waals surface area contributed by atoms with Crippen LogP contribution in [0, 0.1) is 13.8 Å². The van der Waals surface area contributed by atoms with E-state index in [0.29, 0.717) is 19.0 Å². The molecule has 26 heavy (non-hydrogen) atoms. The second-order valence-electron chi connectivity index (χ2n) is 5.64. The molecule has 1 aromatic carbocycles. The van der Waals surface area contributed by atoms with Crippen LogP contribution in [0.3, 0.4) is 0 Å². The molecule has 0 saturated carbocycles. The second kappa shape index (κ2) is 10.8. The Bertz CT molecular complexity index is 750. The summed E-state index contributed by atoms with van der Waals surface area (Å²) in [5.74, 6) is 2.43. The molecule has 2 N–H and O–H groups in total. The van der Waals surface area contributed by atoms with Crippen LogP contribution in [0.2, 0.25) is 0 Å². The van der Waals surface area contributed by atoms with Crippen molar-refractivity contribution >= 4 is 29.9 Å². The van der Waals surface area contributed by atoms with Crippen molar-refractivity contribution in [3.8, 4) is 11.5 Å². The van der Waals surface area contributed by atoms with Gasteiger partial charge in [-0.3, -0.25) is 9.98 Å². The highest BCUT2D eigenvalue weighted by Gasteiger charge is 2.10. The highest BCUT2D eigenvalue weighted by atomic mass is 127. The Morgan fingerprint density at radius 1 is 1.08 bits per heavy atom. The quantitative estimate of drug-likeness (QED) is 0.386. The van der Waals surface area contributed by atoms with Gasteiger partial charge in [0.25, 0.3) is 0 Å². The molecule has 0 radical (unpaired) electrons. The summed E-state index contributed by atoms with van der Waals surface area (Å²) < 4.78 is 10.8. The zero-order valence-electron chi connectivity index (χ0n) is 15.9. The van der Waals surface area contributed by atoms with Gasteiger partial charge < -0.3 is 20.1 Å². The molecule has 0 atom stereocenters. The van der Waals surface area contributed by atoms with Gasteiger partial charge in [0, 0.05) is 36.5 Å². The van der Waals surface area contributed by atoms with Gasteiger partial charge in [0.05, 0.1) is 26.5 Å². The maximum Gasteiger partial charge on any atom is 0.191 e. The molecule has 0 fully saturated rings. The molecule has 1 aromatic heterocycles. The third kappa shape index (κ3) is 5.48. The van der Waals surface area contributed by atoms with Crippen molar-refractivity contribution in [2.45, 2.75) is 26.9 Å². The lowest BCUT2D eigenvalue weighted by Gasteiger charge is -2.16. The van der Waals surface area contributed by atoms with Gasteiger partial charge in [-0.1, -0.05) is 18.2 Å². The first-order valence-corrected chi connectivity index (χ1v) is 8.16. The molecule has 0 aliphatic rings. The number of guanidine groups is 1. The molecule has 2 aromatic rings. The highest BCUT2D eigenvalue weighted by Crippen LogP contribution is 2.23. The fourth-order valence-electron chi connectivity index (χ4n) is 2.67. The molecule has 0 aliphatic heterocycles. The van der Waals surface area contributed by atoms with E-state index < -0.39 is 0 Å². The van der Waals surface area contributed by atoms with E-state index in [2.05, 4.69) is 20.6 Å². The minimum atomic E-state index is 0. The van der Waals surface area contributed by atoms with Crippen LogP contribution in [-0.4, -0.2) is 32.2 Å². The zero-order valence-corrected chi connectivity index (χ0v) is 18.3. The number of aliphatic imine (C=N–C) groups is 1. The highest BCUT2D eigenvalue weighted by molar-refractivity contribution is 14.0. The summed E-state index contributed by atoms with van der Waals surface area (Å²) >= 11 is 0. The van der Waals surface area contributed by atoms with Crippen LogP contribution in [0.25, 0.3) is 0 Å². The maximum atomic E-state index is 5.45. The number of hydrogen-bond acceptors (Lipinski definition) is 4. The standard InChI is InChI=1S/C19H26N4O2.HI/c1-13-10-21-16(14(2)18(13)25-5)12-23-19(20-3)22-11-15-8-6-7-9-17(15)24-4;/h6-10H,11-12H2,1-5H3,(H2,20,22,23);1H. The van der Waals surface area contributed by atoms with Gasteiger partial charge in [-0.2, -0.15) is 0 Å². The van der Waals surface area contributed by atoms with Crippen molar-refractivity contribution in [1.29, 1.82) is 0 Å². The van der Waals surface area contributed by atoms with Gasteiger partial charge in [0.1, 0.15) is 11.5 Å². The number of aromatic nitrogens is 1. The molecule has 0 aliphatic carbocycles. The number of pyridine rings is 1. The first-order chi connectivity index (χ1) is 12.1. The van der Waals surface area contributed by atoms with Crippen LogP contribution < -0.4 is 20.1 Å². The average molecular weight is 470 g/mol. The Kier molecular flexibility index (Phi) is 9.18. The summed E-state index contributed by atoms with van der Waals surface area (Å²) in [7, 11) is 5.10. The van der Waals surface area contributed by atoms with Gasteiger partial charge in [-0.25, -0.2) is 0 Å². The van der Waals surface area contributed by atoms with E-state index in [0.717, 1.165) is 33.9 Å². The molecule has 1 heterocycles. The summed E-state index contributed by atoms with van der Waals surface area (Å²) in [5.41, 5.74) is 4.07. The molecule has 6 nitrogen and oxygen atoms in total. The van der Waals surface area contributed by atoms with Gasteiger partial charge >= 0.3 is 0 Å². The predicted octanol–water partition coefficient (Wildman–Crippen LogP) is 3.20. The van der Waals surface area contributed by atoms with Crippen molar-refractivity contribution in [1.82, 2.24) is 15.6 Å². The number of nitrogens with zero attached hydrogens (tertiary/aromatic N) is 2. The lowest BCUT2D eigenvalue weighted by atomic mass is 10.1. The van der Waals surface area contributed by atoms with E-state index in [1.165, 1.54) is 0 Å². The smallest absolute Gasteiger partial charge is 0.191 e. The monoisotopic (exact) mass is 470 g/mol. The summed E-state index contributed by atoms with van der Waals surface area (Å²) in [6.45, 7) is 5.19. The molecule has 2 rings (SSSR count). The van der Waals surface area contributed by atoms with Gasteiger partial charge in [0.15, 0.2) is 5.96 Å². The van der Waals surface area contributed by atoms with Gasteiger partial charge in [-0.05, 0) is 19.9 Å². The Morgan fingerprint density at radius 3 is 2.42 bits per heavy atom. The molecular formula is C19H27IN4O2. The summed E-state index contributed by atoms with van der Waals surface area (Å²) in [4.78, 5) is 8.75. The summed E-state index contributed by atoms with van der Waals surface area (Å²) in [5, 5.41) is 6.58. The van der Waals surface area contributed by atoms with E-state index in [4.69, 9.17) is 9.47 Å². The summed E-state index contributed by atoms with van der Waals surface area (Å²) in [6.07, 6.45) is 1.83. The lowest BCUT2D eigenvalue weighted by molar-refractivity contribution is 0.406. The van der Waals surface area contributed by atoms with Gasteiger partial charge in [-0.15, -0.1) is 24.0 Å². The molecule has 0 spiro atoms. The minimum Gasteiger partial charge on any atom is -0.496 e. The topological polar surface area (TPSA) is 67.8 Å². The SMILES string of the molecule is CN=C(NCc1ccccc1OC)NCc1ncc(C)c(OC)c1C.I. The van der Waals surface area contributed by atoms with E-state index in [-0.39, 0.29) is 24.0 Å². The Labute approximate surface area is 172 Å². The number of benzene rings is 1. The third-order valence-corrected chi connectivity index (χ3v) is 4.04. The predicted molar refractivity (Wildman–Crippen MR) is 116 cm³/mol. The zero-order chi connectivity index (χ0) is 18.2. The van der Waals surface area contributed by atoms with Crippen molar-refractivity contribution in [2.75, 3.05) is 21.3 Å². The average Bonchev–Trinajstić information content (AvgIpc) is 2.64. The number of methoxy groups -OCH3 is 2. The molecule has 7 heteroatoms. The van der Waals surface area contributed by atoms with Crippen LogP contribution in [0.4, 0.5) is 0 Å². The largest absolute Gasteiger partial charge is 0.496 e. The third-order valence-electron chi connectivity index (χ3n) is 4.04.